The average Bonchev–Trinajstić information content (AvgIpc) is 2.63. The molecule has 3 nitrogen and oxygen atoms in total. The zero-order valence-electron chi connectivity index (χ0n) is 9.83. The predicted molar refractivity (Wildman–Crippen MR) is 66.7 cm³/mol. The van der Waals surface area contributed by atoms with Gasteiger partial charge in [-0.05, 0) is 31.2 Å². The minimum absolute atomic E-state index is 0.329. The van der Waals surface area contributed by atoms with Gasteiger partial charge in [0.05, 0.1) is 5.52 Å². The molecule has 0 aliphatic carbocycles. The first-order valence-electron chi connectivity index (χ1n) is 5.77. The summed E-state index contributed by atoms with van der Waals surface area (Å²) in [6, 6.07) is 5.57. The maximum absolute atomic E-state index is 9.51. The Balaban J connectivity index is 2.50. The van der Waals surface area contributed by atoms with E-state index in [2.05, 4.69) is 29.9 Å². The van der Waals surface area contributed by atoms with Crippen LogP contribution in [-0.2, 0) is 13.1 Å². The summed E-state index contributed by atoms with van der Waals surface area (Å²) < 4.78 is 2.17. The molecular formula is C13H18N2O. The molecule has 0 saturated heterocycles. The van der Waals surface area contributed by atoms with Crippen LogP contribution in [0.15, 0.2) is 24.4 Å². The molecule has 2 N–H and O–H groups in total. The van der Waals surface area contributed by atoms with Crippen molar-refractivity contribution < 1.29 is 5.11 Å². The molecule has 1 heterocycles. The van der Waals surface area contributed by atoms with E-state index in [9.17, 15) is 5.11 Å². The molecule has 0 atom stereocenters. The normalized spacial score (nSPS) is 11.1. The fourth-order valence-corrected chi connectivity index (χ4v) is 2.02. The molecule has 0 fully saturated rings. The topological polar surface area (TPSA) is 37.2 Å². The third-order valence-electron chi connectivity index (χ3n) is 2.85. The van der Waals surface area contributed by atoms with Crippen molar-refractivity contribution in [3.05, 3.63) is 30.0 Å². The van der Waals surface area contributed by atoms with Gasteiger partial charge in [-0.3, -0.25) is 0 Å². The van der Waals surface area contributed by atoms with Crippen LogP contribution < -0.4 is 5.32 Å². The third kappa shape index (κ3) is 1.91. The van der Waals surface area contributed by atoms with Crippen LogP contribution in [0.2, 0.25) is 0 Å². The number of benzene rings is 1. The van der Waals surface area contributed by atoms with Gasteiger partial charge in [-0.1, -0.05) is 6.92 Å². The lowest BCUT2D eigenvalue weighted by atomic mass is 10.1. The Labute approximate surface area is 95.7 Å². The molecule has 0 aliphatic rings. The molecule has 2 rings (SSSR count). The zero-order valence-corrected chi connectivity index (χ0v) is 9.83. The number of hydrogen-bond acceptors (Lipinski definition) is 2. The van der Waals surface area contributed by atoms with Gasteiger partial charge in [0.15, 0.2) is 0 Å². The van der Waals surface area contributed by atoms with Crippen LogP contribution in [0, 0.1) is 0 Å². The predicted octanol–water partition coefficient (Wildman–Crippen LogP) is 2.48. The number of hydrogen-bond donors (Lipinski definition) is 2. The third-order valence-corrected chi connectivity index (χ3v) is 2.85. The van der Waals surface area contributed by atoms with E-state index in [0.717, 1.165) is 25.2 Å². The van der Waals surface area contributed by atoms with Crippen molar-refractivity contribution >= 4 is 10.9 Å². The summed E-state index contributed by atoms with van der Waals surface area (Å²) in [5.41, 5.74) is 2.40. The van der Waals surface area contributed by atoms with Crippen LogP contribution in [0.25, 0.3) is 10.9 Å². The summed E-state index contributed by atoms with van der Waals surface area (Å²) in [6.07, 6.45) is 2.16. The molecule has 86 valence electrons. The number of phenols is 1. The van der Waals surface area contributed by atoms with Crippen LogP contribution in [0.3, 0.4) is 0 Å². The molecule has 1 aromatic heterocycles. The lowest BCUT2D eigenvalue weighted by Crippen LogP contribution is -2.11. The summed E-state index contributed by atoms with van der Waals surface area (Å²) in [7, 11) is 0. The lowest BCUT2D eigenvalue weighted by molar-refractivity contribution is 0.476. The second kappa shape index (κ2) is 4.58. The molecule has 3 heteroatoms. The molecule has 1 aromatic carbocycles. The standard InChI is InChI=1S/C13H18N2O/c1-3-14-8-10-9-15(4-2)13-7-11(16)5-6-12(10)13/h5-7,9,14,16H,3-4,8H2,1-2H3. The van der Waals surface area contributed by atoms with Gasteiger partial charge in [-0.15, -0.1) is 0 Å². The zero-order chi connectivity index (χ0) is 11.5. The van der Waals surface area contributed by atoms with Crippen molar-refractivity contribution in [1.82, 2.24) is 9.88 Å². The number of aromatic nitrogens is 1. The van der Waals surface area contributed by atoms with Crippen LogP contribution >= 0.6 is 0 Å². The molecule has 0 aliphatic heterocycles. The Hall–Kier alpha value is -1.48. The van der Waals surface area contributed by atoms with Gasteiger partial charge in [0, 0.05) is 30.7 Å². The average molecular weight is 218 g/mol. The minimum atomic E-state index is 0.329. The van der Waals surface area contributed by atoms with Gasteiger partial charge in [-0.2, -0.15) is 0 Å². The molecule has 0 bridgehead atoms. The first kappa shape index (κ1) is 11.0. The molecule has 16 heavy (non-hydrogen) atoms. The van der Waals surface area contributed by atoms with Crippen molar-refractivity contribution in [2.24, 2.45) is 0 Å². The minimum Gasteiger partial charge on any atom is -0.508 e. The molecule has 0 spiro atoms. The largest absolute Gasteiger partial charge is 0.508 e. The highest BCUT2D eigenvalue weighted by atomic mass is 16.3. The summed E-state index contributed by atoms with van der Waals surface area (Å²) in [6.45, 7) is 6.99. The number of rotatable bonds is 4. The van der Waals surface area contributed by atoms with Crippen molar-refractivity contribution in [3.8, 4) is 5.75 Å². The first-order valence-corrected chi connectivity index (χ1v) is 5.77. The van der Waals surface area contributed by atoms with Gasteiger partial charge in [0.25, 0.3) is 0 Å². The van der Waals surface area contributed by atoms with Gasteiger partial charge >= 0.3 is 0 Å². The summed E-state index contributed by atoms with van der Waals surface area (Å²) >= 11 is 0. The van der Waals surface area contributed by atoms with Crippen molar-refractivity contribution in [3.63, 3.8) is 0 Å². The van der Waals surface area contributed by atoms with Crippen LogP contribution in [-0.4, -0.2) is 16.2 Å². The Morgan fingerprint density at radius 3 is 2.81 bits per heavy atom. The summed E-state index contributed by atoms with van der Waals surface area (Å²) in [5, 5.41) is 14.1. The molecule has 0 unspecified atom stereocenters. The maximum Gasteiger partial charge on any atom is 0.117 e. The Kier molecular flexibility index (Phi) is 3.15. The van der Waals surface area contributed by atoms with Crippen molar-refractivity contribution in [1.29, 1.82) is 0 Å². The molecule has 0 amide bonds. The number of nitrogens with zero attached hydrogens (tertiary/aromatic N) is 1. The maximum atomic E-state index is 9.51. The number of nitrogens with one attached hydrogen (secondary N) is 1. The van der Waals surface area contributed by atoms with Gasteiger partial charge in [0.2, 0.25) is 0 Å². The van der Waals surface area contributed by atoms with Gasteiger partial charge < -0.3 is 15.0 Å². The van der Waals surface area contributed by atoms with E-state index in [0.29, 0.717) is 5.75 Å². The fraction of sp³-hybridized carbons (Fsp3) is 0.385. The highest BCUT2D eigenvalue weighted by Gasteiger charge is 2.07. The Morgan fingerprint density at radius 2 is 2.12 bits per heavy atom. The van der Waals surface area contributed by atoms with Crippen molar-refractivity contribution in [2.75, 3.05) is 6.54 Å². The molecule has 0 radical (unpaired) electrons. The van der Waals surface area contributed by atoms with E-state index < -0.39 is 0 Å². The smallest absolute Gasteiger partial charge is 0.117 e. The lowest BCUT2D eigenvalue weighted by Gasteiger charge is -2.00. The van der Waals surface area contributed by atoms with E-state index >= 15 is 0 Å². The number of aryl methyl sites for hydroxylation is 1. The van der Waals surface area contributed by atoms with E-state index in [-0.39, 0.29) is 0 Å². The van der Waals surface area contributed by atoms with Crippen LogP contribution in [0.4, 0.5) is 0 Å². The SMILES string of the molecule is CCNCc1cn(CC)c2cc(O)ccc12. The highest BCUT2D eigenvalue weighted by Crippen LogP contribution is 2.25. The molecule has 2 aromatic rings. The quantitative estimate of drug-likeness (QED) is 0.827. The fourth-order valence-electron chi connectivity index (χ4n) is 2.02. The van der Waals surface area contributed by atoms with E-state index in [1.54, 1.807) is 6.07 Å². The number of aromatic hydroxyl groups is 1. The first-order chi connectivity index (χ1) is 7.76. The van der Waals surface area contributed by atoms with E-state index in [1.165, 1.54) is 10.9 Å². The number of phenolic OH excluding ortho intramolecular Hbond substituents is 1. The summed E-state index contributed by atoms with van der Waals surface area (Å²) in [5.74, 6) is 0.329. The highest BCUT2D eigenvalue weighted by molar-refractivity contribution is 5.85. The Morgan fingerprint density at radius 1 is 1.31 bits per heavy atom. The van der Waals surface area contributed by atoms with E-state index in [4.69, 9.17) is 0 Å². The molecular weight excluding hydrogens is 200 g/mol. The summed E-state index contributed by atoms with van der Waals surface area (Å²) in [4.78, 5) is 0. The van der Waals surface area contributed by atoms with Crippen LogP contribution in [0.1, 0.15) is 19.4 Å². The Bertz CT molecular complexity index is 488. The second-order valence-corrected chi connectivity index (χ2v) is 3.92. The second-order valence-electron chi connectivity index (χ2n) is 3.92. The van der Waals surface area contributed by atoms with Crippen molar-refractivity contribution in [2.45, 2.75) is 26.9 Å². The van der Waals surface area contributed by atoms with Crippen LogP contribution in [0.5, 0.6) is 5.75 Å². The number of fused-ring (bicyclic) bond motifs is 1. The van der Waals surface area contributed by atoms with E-state index in [1.807, 2.05) is 12.1 Å². The van der Waals surface area contributed by atoms with Gasteiger partial charge in [0.1, 0.15) is 5.75 Å². The molecule has 0 saturated carbocycles. The van der Waals surface area contributed by atoms with Gasteiger partial charge in [-0.25, -0.2) is 0 Å². The monoisotopic (exact) mass is 218 g/mol.